The van der Waals surface area contributed by atoms with Crippen molar-refractivity contribution in [3.8, 4) is 0 Å². The number of carbonyl (C=O) groups is 4. The fourth-order valence-corrected chi connectivity index (χ4v) is 3.65. The zero-order valence-corrected chi connectivity index (χ0v) is 17.9. The lowest BCUT2D eigenvalue weighted by Gasteiger charge is -2.26. The van der Waals surface area contributed by atoms with Crippen molar-refractivity contribution in [2.45, 2.75) is 39.8 Å². The number of likely N-dealkylation sites (tertiary alicyclic amines) is 1. The molecule has 1 aromatic carbocycles. The number of esters is 2. The molecule has 2 atom stereocenters. The fraction of sp³-hybridized carbons (Fsp3) is 0.455. The molecule has 1 saturated heterocycles. The number of ether oxygens (including phenoxy) is 2. The summed E-state index contributed by atoms with van der Waals surface area (Å²) in [5.74, 6) is -1.85. The monoisotopic (exact) mass is 429 g/mol. The molecule has 3 rings (SSSR count). The number of carbonyl (C=O) groups excluding carboxylic acids is 4. The van der Waals surface area contributed by atoms with E-state index in [0.29, 0.717) is 6.54 Å². The van der Waals surface area contributed by atoms with Gasteiger partial charge in [-0.1, -0.05) is 29.8 Å². The molecule has 2 N–H and O–H groups in total. The molecule has 166 valence electrons. The van der Waals surface area contributed by atoms with Gasteiger partial charge in [0.25, 0.3) is 0 Å². The molecule has 3 amide bonds. The number of rotatable bonds is 7. The highest BCUT2D eigenvalue weighted by atomic mass is 16.5. The average Bonchev–Trinajstić information content (AvgIpc) is 3.08. The first-order chi connectivity index (χ1) is 14.8. The van der Waals surface area contributed by atoms with Gasteiger partial charge < -0.3 is 25.0 Å². The van der Waals surface area contributed by atoms with Crippen molar-refractivity contribution in [2.75, 3.05) is 19.8 Å². The predicted octanol–water partition coefficient (Wildman–Crippen LogP) is 1.41. The summed E-state index contributed by atoms with van der Waals surface area (Å²) >= 11 is 0. The smallest absolute Gasteiger partial charge is 0.338 e. The molecule has 0 unspecified atom stereocenters. The van der Waals surface area contributed by atoms with E-state index in [1.807, 2.05) is 31.2 Å². The van der Waals surface area contributed by atoms with E-state index >= 15 is 0 Å². The molecule has 9 heteroatoms. The molecule has 0 bridgehead atoms. The molecule has 31 heavy (non-hydrogen) atoms. The van der Waals surface area contributed by atoms with Gasteiger partial charge in [0, 0.05) is 19.5 Å². The lowest BCUT2D eigenvalue weighted by Crippen LogP contribution is -2.50. The van der Waals surface area contributed by atoms with Crippen LogP contribution >= 0.6 is 0 Å². The summed E-state index contributed by atoms with van der Waals surface area (Å²) in [6.07, 6.45) is 0.0682. The quantitative estimate of drug-likeness (QED) is 0.634. The maximum atomic E-state index is 12.6. The van der Waals surface area contributed by atoms with Crippen LogP contribution in [-0.2, 0) is 30.4 Å². The van der Waals surface area contributed by atoms with Crippen LogP contribution in [0.15, 0.2) is 35.5 Å². The summed E-state index contributed by atoms with van der Waals surface area (Å²) in [6, 6.07) is 6.79. The van der Waals surface area contributed by atoms with E-state index in [4.69, 9.17) is 9.47 Å². The van der Waals surface area contributed by atoms with E-state index in [2.05, 4.69) is 10.6 Å². The number of nitrogens with zero attached hydrogens (tertiary/aromatic N) is 1. The van der Waals surface area contributed by atoms with Gasteiger partial charge in [-0.15, -0.1) is 0 Å². The van der Waals surface area contributed by atoms with Gasteiger partial charge in [0.05, 0.1) is 29.8 Å². The van der Waals surface area contributed by atoms with Crippen LogP contribution in [-0.4, -0.2) is 54.6 Å². The van der Waals surface area contributed by atoms with E-state index < -0.39 is 29.9 Å². The van der Waals surface area contributed by atoms with E-state index in [1.165, 1.54) is 0 Å². The Kier molecular flexibility index (Phi) is 6.94. The van der Waals surface area contributed by atoms with Crippen molar-refractivity contribution in [3.63, 3.8) is 0 Å². The molecule has 2 aliphatic heterocycles. The number of amides is 3. The van der Waals surface area contributed by atoms with Gasteiger partial charge in [-0.3, -0.25) is 9.59 Å². The number of aryl methyl sites for hydroxylation is 1. The maximum Gasteiger partial charge on any atom is 0.338 e. The summed E-state index contributed by atoms with van der Waals surface area (Å²) < 4.78 is 10.4. The Balaban J connectivity index is 1.62. The molecule has 0 saturated carbocycles. The summed E-state index contributed by atoms with van der Waals surface area (Å²) in [4.78, 5) is 50.6. The molecular weight excluding hydrogens is 402 g/mol. The first-order valence-corrected chi connectivity index (χ1v) is 10.3. The molecule has 2 aliphatic rings. The van der Waals surface area contributed by atoms with Crippen LogP contribution in [0.5, 0.6) is 0 Å². The fourth-order valence-electron chi connectivity index (χ4n) is 3.65. The lowest BCUT2D eigenvalue weighted by molar-refractivity contribution is -0.148. The molecular formula is C22H27N3O6. The largest absolute Gasteiger partial charge is 0.463 e. The van der Waals surface area contributed by atoms with Crippen molar-refractivity contribution in [3.05, 3.63) is 46.7 Å². The number of urea groups is 1. The Morgan fingerprint density at radius 3 is 2.55 bits per heavy atom. The van der Waals surface area contributed by atoms with Gasteiger partial charge in [0.1, 0.15) is 6.61 Å². The number of benzene rings is 1. The third-order valence-corrected chi connectivity index (χ3v) is 5.27. The summed E-state index contributed by atoms with van der Waals surface area (Å²) in [6.45, 7) is 5.90. The van der Waals surface area contributed by atoms with Crippen molar-refractivity contribution >= 4 is 23.9 Å². The standard InChI is InChI=1S/C22H27N3O6/c1-4-30-21(28)19-14(3)23-22(29)24-17(19)12-31-20(27)16-9-18(26)25(11-16)10-15-7-5-13(2)6-8-15/h5-8,14,16H,4,9-12H2,1-3H3,(H2,23,24,29)/t14-,16-/m0/s1. The molecule has 2 heterocycles. The Bertz CT molecular complexity index is 908. The van der Waals surface area contributed by atoms with Crippen molar-refractivity contribution < 1.29 is 28.7 Å². The average molecular weight is 429 g/mol. The Labute approximate surface area is 180 Å². The normalized spacial score (nSPS) is 20.9. The topological polar surface area (TPSA) is 114 Å². The van der Waals surface area contributed by atoms with Crippen LogP contribution in [0.25, 0.3) is 0 Å². The van der Waals surface area contributed by atoms with Crippen molar-refractivity contribution in [1.82, 2.24) is 15.5 Å². The first-order valence-electron chi connectivity index (χ1n) is 10.3. The number of hydrogen-bond acceptors (Lipinski definition) is 6. The van der Waals surface area contributed by atoms with E-state index in [0.717, 1.165) is 11.1 Å². The van der Waals surface area contributed by atoms with E-state index in [1.54, 1.807) is 18.7 Å². The Morgan fingerprint density at radius 1 is 1.16 bits per heavy atom. The zero-order valence-electron chi connectivity index (χ0n) is 17.9. The zero-order chi connectivity index (χ0) is 22.5. The number of nitrogens with one attached hydrogen (secondary N) is 2. The summed E-state index contributed by atoms with van der Waals surface area (Å²) in [7, 11) is 0. The minimum Gasteiger partial charge on any atom is -0.463 e. The highest BCUT2D eigenvalue weighted by Gasteiger charge is 2.36. The second-order valence-corrected chi connectivity index (χ2v) is 7.70. The summed E-state index contributed by atoms with van der Waals surface area (Å²) in [5, 5.41) is 5.09. The highest BCUT2D eigenvalue weighted by Crippen LogP contribution is 2.22. The van der Waals surface area contributed by atoms with Gasteiger partial charge in [-0.05, 0) is 26.3 Å². The molecule has 1 aromatic rings. The van der Waals surface area contributed by atoms with E-state index in [-0.39, 0.29) is 43.4 Å². The minimum atomic E-state index is -0.598. The second kappa shape index (κ2) is 9.63. The van der Waals surface area contributed by atoms with E-state index in [9.17, 15) is 19.2 Å². The molecule has 0 aliphatic carbocycles. The first kappa shape index (κ1) is 22.3. The van der Waals surface area contributed by atoms with Crippen LogP contribution in [0.2, 0.25) is 0 Å². The molecule has 0 aromatic heterocycles. The molecule has 9 nitrogen and oxygen atoms in total. The minimum absolute atomic E-state index is 0.0682. The molecule has 1 fully saturated rings. The van der Waals surface area contributed by atoms with Gasteiger partial charge >= 0.3 is 18.0 Å². The summed E-state index contributed by atoms with van der Waals surface area (Å²) in [5.41, 5.74) is 2.51. The third kappa shape index (κ3) is 5.42. The molecule has 0 spiro atoms. The second-order valence-electron chi connectivity index (χ2n) is 7.70. The SMILES string of the molecule is CCOC(=O)C1=C(COC(=O)[C@H]2CC(=O)N(Cc3ccc(C)cc3)C2)NC(=O)N[C@H]1C. The third-order valence-electron chi connectivity index (χ3n) is 5.27. The van der Waals surface area contributed by atoms with Crippen molar-refractivity contribution in [2.24, 2.45) is 5.92 Å². The maximum absolute atomic E-state index is 12.6. The number of hydrogen-bond donors (Lipinski definition) is 2. The van der Waals surface area contributed by atoms with Crippen LogP contribution in [0.3, 0.4) is 0 Å². The van der Waals surface area contributed by atoms with Crippen LogP contribution in [0, 0.1) is 12.8 Å². The highest BCUT2D eigenvalue weighted by molar-refractivity contribution is 5.95. The van der Waals surface area contributed by atoms with Gasteiger partial charge in [0.2, 0.25) is 5.91 Å². The van der Waals surface area contributed by atoms with Gasteiger partial charge in [-0.25, -0.2) is 9.59 Å². The van der Waals surface area contributed by atoms with Crippen LogP contribution < -0.4 is 10.6 Å². The van der Waals surface area contributed by atoms with Gasteiger partial charge in [0.15, 0.2) is 0 Å². The predicted molar refractivity (Wildman–Crippen MR) is 110 cm³/mol. The van der Waals surface area contributed by atoms with Crippen LogP contribution in [0.1, 0.15) is 31.4 Å². The lowest BCUT2D eigenvalue weighted by atomic mass is 10.0. The van der Waals surface area contributed by atoms with Crippen molar-refractivity contribution in [1.29, 1.82) is 0 Å². The van der Waals surface area contributed by atoms with Crippen LogP contribution in [0.4, 0.5) is 4.79 Å². The Hall–Kier alpha value is -3.36. The Morgan fingerprint density at radius 2 is 1.87 bits per heavy atom. The molecule has 0 radical (unpaired) electrons. The van der Waals surface area contributed by atoms with Gasteiger partial charge in [-0.2, -0.15) is 0 Å².